The summed E-state index contributed by atoms with van der Waals surface area (Å²) in [6.45, 7) is 0.566. The standard InChI is InChI=1S/C9H10FN3O/c10-7-2-1-3-8(13-7)12-6-4-9(14)11-5-6/h1-3,6H,4-5H2,(H,11,14)(H,12,13). The minimum Gasteiger partial charge on any atom is -0.365 e. The van der Waals surface area contributed by atoms with Crippen molar-refractivity contribution >= 4 is 11.7 Å². The number of amides is 1. The quantitative estimate of drug-likeness (QED) is 0.676. The van der Waals surface area contributed by atoms with Crippen LogP contribution in [0.2, 0.25) is 0 Å². The number of carbonyl (C=O) groups excluding carboxylic acids is 1. The van der Waals surface area contributed by atoms with E-state index < -0.39 is 5.95 Å². The molecule has 1 aromatic heterocycles. The molecule has 1 saturated heterocycles. The number of carbonyl (C=O) groups is 1. The first-order chi connectivity index (χ1) is 6.74. The summed E-state index contributed by atoms with van der Waals surface area (Å²) in [6.07, 6.45) is 0.415. The highest BCUT2D eigenvalue weighted by Crippen LogP contribution is 2.09. The zero-order valence-electron chi connectivity index (χ0n) is 7.46. The molecule has 0 aromatic carbocycles. The fraction of sp³-hybridized carbons (Fsp3) is 0.333. The summed E-state index contributed by atoms with van der Waals surface area (Å²) in [7, 11) is 0. The summed E-state index contributed by atoms with van der Waals surface area (Å²) in [6, 6.07) is 4.54. The molecule has 2 heterocycles. The van der Waals surface area contributed by atoms with E-state index in [1.54, 1.807) is 12.1 Å². The molecule has 0 bridgehead atoms. The van der Waals surface area contributed by atoms with Gasteiger partial charge in [-0.1, -0.05) is 6.07 Å². The molecule has 4 nitrogen and oxygen atoms in total. The van der Waals surface area contributed by atoms with Gasteiger partial charge >= 0.3 is 0 Å². The molecule has 74 valence electrons. The van der Waals surface area contributed by atoms with Crippen molar-refractivity contribution in [2.24, 2.45) is 0 Å². The van der Waals surface area contributed by atoms with Crippen LogP contribution >= 0.6 is 0 Å². The van der Waals surface area contributed by atoms with Crippen LogP contribution in [-0.4, -0.2) is 23.5 Å². The lowest BCUT2D eigenvalue weighted by molar-refractivity contribution is -0.119. The maximum atomic E-state index is 12.7. The zero-order valence-corrected chi connectivity index (χ0v) is 7.46. The summed E-state index contributed by atoms with van der Waals surface area (Å²) in [5, 5.41) is 5.66. The van der Waals surface area contributed by atoms with E-state index in [2.05, 4.69) is 15.6 Å². The topological polar surface area (TPSA) is 54.0 Å². The minimum atomic E-state index is -0.521. The van der Waals surface area contributed by atoms with Gasteiger partial charge in [-0.3, -0.25) is 4.79 Å². The van der Waals surface area contributed by atoms with Crippen LogP contribution in [0.1, 0.15) is 6.42 Å². The predicted octanol–water partition coefficient (Wildman–Crippen LogP) is 0.521. The average molecular weight is 195 g/mol. The van der Waals surface area contributed by atoms with Gasteiger partial charge in [0.1, 0.15) is 5.82 Å². The Hall–Kier alpha value is -1.65. The lowest BCUT2D eigenvalue weighted by Gasteiger charge is -2.10. The van der Waals surface area contributed by atoms with Gasteiger partial charge in [-0.15, -0.1) is 0 Å². The smallest absolute Gasteiger partial charge is 0.222 e. The zero-order chi connectivity index (χ0) is 9.97. The van der Waals surface area contributed by atoms with Crippen LogP contribution in [0.3, 0.4) is 0 Å². The van der Waals surface area contributed by atoms with Crippen molar-refractivity contribution in [2.45, 2.75) is 12.5 Å². The van der Waals surface area contributed by atoms with E-state index in [1.165, 1.54) is 6.07 Å². The predicted molar refractivity (Wildman–Crippen MR) is 49.2 cm³/mol. The number of hydrogen-bond donors (Lipinski definition) is 2. The lowest BCUT2D eigenvalue weighted by Crippen LogP contribution is -2.22. The Morgan fingerprint density at radius 1 is 1.57 bits per heavy atom. The van der Waals surface area contributed by atoms with Crippen LogP contribution < -0.4 is 10.6 Å². The van der Waals surface area contributed by atoms with Crippen LogP contribution in [0.25, 0.3) is 0 Å². The molecule has 5 heteroatoms. The van der Waals surface area contributed by atoms with Gasteiger partial charge in [-0.25, -0.2) is 4.98 Å². The molecule has 0 saturated carbocycles. The van der Waals surface area contributed by atoms with Gasteiger partial charge in [0.15, 0.2) is 0 Å². The SMILES string of the molecule is O=C1CC(Nc2cccc(F)n2)CN1. The Labute approximate surface area is 80.5 Å². The first-order valence-electron chi connectivity index (χ1n) is 4.40. The van der Waals surface area contributed by atoms with Crippen molar-refractivity contribution < 1.29 is 9.18 Å². The molecule has 2 N–H and O–H groups in total. The van der Waals surface area contributed by atoms with E-state index in [0.29, 0.717) is 18.8 Å². The Morgan fingerprint density at radius 2 is 2.43 bits per heavy atom. The molecule has 1 amide bonds. The second-order valence-corrected chi connectivity index (χ2v) is 3.20. The highest BCUT2D eigenvalue weighted by Gasteiger charge is 2.21. The molecule has 1 aliphatic rings. The minimum absolute atomic E-state index is 0.0109. The Morgan fingerprint density at radius 3 is 3.07 bits per heavy atom. The molecule has 1 aliphatic heterocycles. The molecule has 1 atom stereocenters. The van der Waals surface area contributed by atoms with Crippen molar-refractivity contribution in [3.63, 3.8) is 0 Å². The van der Waals surface area contributed by atoms with Gasteiger partial charge in [0.25, 0.3) is 0 Å². The fourth-order valence-corrected chi connectivity index (χ4v) is 1.41. The van der Waals surface area contributed by atoms with Crippen LogP contribution in [0.5, 0.6) is 0 Å². The maximum absolute atomic E-state index is 12.7. The van der Waals surface area contributed by atoms with E-state index in [4.69, 9.17) is 0 Å². The number of rotatable bonds is 2. The number of pyridine rings is 1. The van der Waals surface area contributed by atoms with Crippen LogP contribution in [0.4, 0.5) is 10.2 Å². The van der Waals surface area contributed by atoms with Gasteiger partial charge in [0.05, 0.1) is 6.04 Å². The third kappa shape index (κ3) is 1.99. The Bertz CT molecular complexity index is 356. The second-order valence-electron chi connectivity index (χ2n) is 3.20. The molecule has 0 spiro atoms. The normalized spacial score (nSPS) is 20.6. The van der Waals surface area contributed by atoms with Crippen LogP contribution in [0.15, 0.2) is 18.2 Å². The second kappa shape index (κ2) is 3.61. The number of halogens is 1. The van der Waals surface area contributed by atoms with Gasteiger partial charge in [0.2, 0.25) is 11.9 Å². The number of nitrogens with one attached hydrogen (secondary N) is 2. The summed E-state index contributed by atoms with van der Waals surface area (Å²) in [5.41, 5.74) is 0. The van der Waals surface area contributed by atoms with Crippen molar-refractivity contribution in [1.29, 1.82) is 0 Å². The van der Waals surface area contributed by atoms with Crippen molar-refractivity contribution in [1.82, 2.24) is 10.3 Å². The molecule has 1 aromatic rings. The van der Waals surface area contributed by atoms with E-state index in [1.807, 2.05) is 0 Å². The first-order valence-corrected chi connectivity index (χ1v) is 4.40. The van der Waals surface area contributed by atoms with Gasteiger partial charge in [-0.05, 0) is 12.1 Å². The maximum Gasteiger partial charge on any atom is 0.222 e. The number of anilines is 1. The molecule has 14 heavy (non-hydrogen) atoms. The molecule has 0 aliphatic carbocycles. The Kier molecular flexibility index (Phi) is 2.30. The summed E-state index contributed by atoms with van der Waals surface area (Å²) in [5.74, 6) is -0.0438. The van der Waals surface area contributed by atoms with E-state index in [0.717, 1.165) is 0 Å². The largest absolute Gasteiger partial charge is 0.365 e. The van der Waals surface area contributed by atoms with Crippen LogP contribution in [-0.2, 0) is 4.79 Å². The van der Waals surface area contributed by atoms with Crippen molar-refractivity contribution in [3.05, 3.63) is 24.1 Å². The van der Waals surface area contributed by atoms with Crippen molar-refractivity contribution in [2.75, 3.05) is 11.9 Å². The number of hydrogen-bond acceptors (Lipinski definition) is 3. The third-order valence-corrected chi connectivity index (χ3v) is 2.04. The summed E-state index contributed by atoms with van der Waals surface area (Å²) in [4.78, 5) is 14.5. The van der Waals surface area contributed by atoms with Crippen LogP contribution in [0, 0.1) is 5.95 Å². The monoisotopic (exact) mass is 195 g/mol. The third-order valence-electron chi connectivity index (χ3n) is 2.04. The average Bonchev–Trinajstić information content (AvgIpc) is 2.51. The van der Waals surface area contributed by atoms with Gasteiger partial charge in [-0.2, -0.15) is 4.39 Å². The van der Waals surface area contributed by atoms with E-state index >= 15 is 0 Å². The van der Waals surface area contributed by atoms with Gasteiger partial charge in [0, 0.05) is 13.0 Å². The fourth-order valence-electron chi connectivity index (χ4n) is 1.41. The summed E-state index contributed by atoms with van der Waals surface area (Å²) < 4.78 is 12.7. The van der Waals surface area contributed by atoms with Crippen molar-refractivity contribution in [3.8, 4) is 0 Å². The van der Waals surface area contributed by atoms with E-state index in [-0.39, 0.29) is 11.9 Å². The summed E-state index contributed by atoms with van der Waals surface area (Å²) >= 11 is 0. The highest BCUT2D eigenvalue weighted by molar-refractivity contribution is 5.79. The lowest BCUT2D eigenvalue weighted by atomic mass is 10.2. The molecule has 2 rings (SSSR count). The molecular weight excluding hydrogens is 185 g/mol. The molecule has 1 unspecified atom stereocenters. The molecule has 0 radical (unpaired) electrons. The molecular formula is C9H10FN3O. The highest BCUT2D eigenvalue weighted by atomic mass is 19.1. The number of aromatic nitrogens is 1. The van der Waals surface area contributed by atoms with E-state index in [9.17, 15) is 9.18 Å². The molecule has 1 fully saturated rings. The Balaban J connectivity index is 2.00. The van der Waals surface area contributed by atoms with Gasteiger partial charge < -0.3 is 10.6 Å². The number of nitrogens with zero attached hydrogens (tertiary/aromatic N) is 1. The first kappa shape index (κ1) is 8.93.